The summed E-state index contributed by atoms with van der Waals surface area (Å²) in [7, 11) is 0. The first-order valence-corrected chi connectivity index (χ1v) is 5.64. The fourth-order valence-corrected chi connectivity index (χ4v) is 1.61. The molecule has 0 aliphatic carbocycles. The van der Waals surface area contributed by atoms with Gasteiger partial charge in [-0.1, -0.05) is 35.3 Å². The molecule has 2 rings (SSSR count). The summed E-state index contributed by atoms with van der Waals surface area (Å²) in [6.07, 6.45) is 1.43. The molecule has 88 valence electrons. The number of aromatic nitrogens is 1. The van der Waals surface area contributed by atoms with Crippen molar-refractivity contribution in [2.24, 2.45) is 0 Å². The molecule has 2 aromatic rings. The molecule has 0 atom stereocenters. The maximum absolute atomic E-state index is 9.07. The first-order chi connectivity index (χ1) is 8.20. The van der Waals surface area contributed by atoms with Gasteiger partial charge in [-0.05, 0) is 12.1 Å². The van der Waals surface area contributed by atoms with Crippen molar-refractivity contribution in [2.75, 3.05) is 0 Å². The maximum Gasteiger partial charge on any atom is 0.219 e. The molecule has 0 fully saturated rings. The minimum atomic E-state index is -0.166. The van der Waals surface area contributed by atoms with Crippen LogP contribution in [-0.2, 0) is 6.61 Å². The minimum absolute atomic E-state index is 0.166. The van der Waals surface area contributed by atoms with Crippen LogP contribution < -0.4 is 4.74 Å². The normalized spacial score (nSPS) is 10.3. The van der Waals surface area contributed by atoms with Crippen LogP contribution in [0.1, 0.15) is 5.56 Å². The number of nitrogens with zero attached hydrogens (tertiary/aromatic N) is 1. The number of aliphatic hydroxyl groups excluding tert-OH is 1. The van der Waals surface area contributed by atoms with Crippen LogP contribution in [-0.4, -0.2) is 10.1 Å². The lowest BCUT2D eigenvalue weighted by Gasteiger charge is -2.07. The third kappa shape index (κ3) is 2.88. The van der Waals surface area contributed by atoms with Crippen molar-refractivity contribution in [1.82, 2.24) is 4.98 Å². The predicted molar refractivity (Wildman–Crippen MR) is 66.7 cm³/mol. The van der Waals surface area contributed by atoms with Crippen LogP contribution in [0.15, 0.2) is 36.5 Å². The van der Waals surface area contributed by atoms with E-state index in [1.807, 2.05) is 12.1 Å². The predicted octanol–water partition coefficient (Wildman–Crippen LogP) is 3.67. The molecule has 0 aliphatic heterocycles. The van der Waals surface area contributed by atoms with Crippen LogP contribution in [0.25, 0.3) is 0 Å². The molecule has 0 saturated heterocycles. The fourth-order valence-electron chi connectivity index (χ4n) is 1.28. The van der Waals surface area contributed by atoms with Crippen molar-refractivity contribution in [3.05, 3.63) is 52.1 Å². The van der Waals surface area contributed by atoms with Gasteiger partial charge in [0.1, 0.15) is 5.75 Å². The zero-order valence-corrected chi connectivity index (χ0v) is 10.2. The second-order valence-corrected chi connectivity index (χ2v) is 4.12. The number of pyridine rings is 1. The first kappa shape index (κ1) is 12.2. The van der Waals surface area contributed by atoms with Crippen LogP contribution in [0.3, 0.4) is 0 Å². The van der Waals surface area contributed by atoms with Gasteiger partial charge in [0.05, 0.1) is 16.7 Å². The average molecular weight is 270 g/mol. The molecule has 1 aromatic heterocycles. The summed E-state index contributed by atoms with van der Waals surface area (Å²) >= 11 is 11.8. The summed E-state index contributed by atoms with van der Waals surface area (Å²) in [5.41, 5.74) is 0.559. The second kappa shape index (κ2) is 5.36. The Labute approximate surface area is 109 Å². The highest BCUT2D eigenvalue weighted by atomic mass is 35.5. The lowest BCUT2D eigenvalue weighted by atomic mass is 10.3. The van der Waals surface area contributed by atoms with Gasteiger partial charge in [0.25, 0.3) is 0 Å². The van der Waals surface area contributed by atoms with E-state index in [2.05, 4.69) is 4.98 Å². The van der Waals surface area contributed by atoms with Crippen molar-refractivity contribution < 1.29 is 9.84 Å². The molecule has 0 spiro atoms. The molecule has 0 bridgehead atoms. The molecule has 1 aromatic carbocycles. The quantitative estimate of drug-likeness (QED) is 0.925. The molecule has 0 amide bonds. The summed E-state index contributed by atoms with van der Waals surface area (Å²) < 4.78 is 5.49. The number of hydrogen-bond donors (Lipinski definition) is 1. The van der Waals surface area contributed by atoms with E-state index in [-0.39, 0.29) is 6.61 Å². The molecule has 0 aliphatic rings. The summed E-state index contributed by atoms with van der Waals surface area (Å²) in [5, 5.41) is 9.97. The van der Waals surface area contributed by atoms with E-state index in [9.17, 15) is 0 Å². The van der Waals surface area contributed by atoms with E-state index in [0.717, 1.165) is 0 Å². The van der Waals surface area contributed by atoms with Gasteiger partial charge in [-0.3, -0.25) is 0 Å². The largest absolute Gasteiger partial charge is 0.437 e. The molecule has 3 nitrogen and oxygen atoms in total. The number of benzene rings is 1. The van der Waals surface area contributed by atoms with Crippen LogP contribution in [0.2, 0.25) is 10.0 Å². The van der Waals surface area contributed by atoms with Gasteiger partial charge in [0.15, 0.2) is 0 Å². The molecule has 5 heteroatoms. The number of halogens is 2. The lowest BCUT2D eigenvalue weighted by Crippen LogP contribution is -1.92. The van der Waals surface area contributed by atoms with Crippen LogP contribution >= 0.6 is 23.2 Å². The smallest absolute Gasteiger partial charge is 0.219 e. The number of rotatable bonds is 3. The Kier molecular flexibility index (Phi) is 3.84. The molecule has 0 saturated carbocycles. The molecular formula is C12H9Cl2NO2. The van der Waals surface area contributed by atoms with E-state index in [0.29, 0.717) is 27.2 Å². The fraction of sp³-hybridized carbons (Fsp3) is 0.0833. The maximum atomic E-state index is 9.07. The van der Waals surface area contributed by atoms with Crippen LogP contribution in [0, 0.1) is 0 Å². The first-order valence-electron chi connectivity index (χ1n) is 4.88. The van der Waals surface area contributed by atoms with Gasteiger partial charge < -0.3 is 9.84 Å². The Morgan fingerprint density at radius 3 is 2.65 bits per heavy atom. The van der Waals surface area contributed by atoms with Gasteiger partial charge in [0.2, 0.25) is 5.88 Å². The SMILES string of the molecule is OCc1cc(Oc2ccccc2Cl)ncc1Cl. The second-order valence-electron chi connectivity index (χ2n) is 3.30. The Morgan fingerprint density at radius 1 is 1.18 bits per heavy atom. The van der Waals surface area contributed by atoms with Gasteiger partial charge in [-0.15, -0.1) is 0 Å². The monoisotopic (exact) mass is 269 g/mol. The number of hydrogen-bond acceptors (Lipinski definition) is 3. The number of para-hydroxylation sites is 1. The van der Waals surface area contributed by atoms with E-state index >= 15 is 0 Å². The van der Waals surface area contributed by atoms with E-state index in [1.54, 1.807) is 18.2 Å². The topological polar surface area (TPSA) is 42.4 Å². The summed E-state index contributed by atoms with van der Waals surface area (Å²) in [6.45, 7) is -0.166. The molecule has 17 heavy (non-hydrogen) atoms. The van der Waals surface area contributed by atoms with Crippen molar-refractivity contribution >= 4 is 23.2 Å². The average Bonchev–Trinajstić information content (AvgIpc) is 2.34. The Balaban J connectivity index is 2.28. The highest BCUT2D eigenvalue weighted by Gasteiger charge is 2.06. The van der Waals surface area contributed by atoms with Crippen molar-refractivity contribution in [3.8, 4) is 11.6 Å². The Morgan fingerprint density at radius 2 is 1.94 bits per heavy atom. The van der Waals surface area contributed by atoms with Crippen molar-refractivity contribution in [2.45, 2.75) is 6.61 Å². The van der Waals surface area contributed by atoms with E-state index < -0.39 is 0 Å². The highest BCUT2D eigenvalue weighted by Crippen LogP contribution is 2.29. The third-order valence-corrected chi connectivity index (χ3v) is 2.78. The number of aliphatic hydroxyl groups is 1. The molecule has 0 unspecified atom stereocenters. The molecule has 1 heterocycles. The zero-order chi connectivity index (χ0) is 12.3. The lowest BCUT2D eigenvalue weighted by molar-refractivity contribution is 0.281. The highest BCUT2D eigenvalue weighted by molar-refractivity contribution is 6.32. The Bertz CT molecular complexity index is 532. The van der Waals surface area contributed by atoms with Gasteiger partial charge in [-0.25, -0.2) is 4.98 Å². The zero-order valence-electron chi connectivity index (χ0n) is 8.73. The van der Waals surface area contributed by atoms with Crippen molar-refractivity contribution in [3.63, 3.8) is 0 Å². The molecular weight excluding hydrogens is 261 g/mol. The van der Waals surface area contributed by atoms with Gasteiger partial charge >= 0.3 is 0 Å². The van der Waals surface area contributed by atoms with Gasteiger partial charge in [-0.2, -0.15) is 0 Å². The third-order valence-electron chi connectivity index (χ3n) is 2.13. The molecule has 1 N–H and O–H groups in total. The Hall–Kier alpha value is -1.29. The standard InChI is InChI=1S/C12H9Cl2NO2/c13-9-3-1-2-4-11(9)17-12-5-8(7-16)10(14)6-15-12/h1-6,16H,7H2. The summed E-state index contributed by atoms with van der Waals surface area (Å²) in [4.78, 5) is 4.00. The summed E-state index contributed by atoms with van der Waals surface area (Å²) in [5.74, 6) is 0.847. The number of ether oxygens (including phenoxy) is 1. The van der Waals surface area contributed by atoms with E-state index in [4.69, 9.17) is 33.0 Å². The van der Waals surface area contributed by atoms with Crippen LogP contribution in [0.5, 0.6) is 11.6 Å². The summed E-state index contributed by atoms with van der Waals surface area (Å²) in [6, 6.07) is 8.65. The van der Waals surface area contributed by atoms with Gasteiger partial charge in [0, 0.05) is 17.8 Å². The van der Waals surface area contributed by atoms with Crippen molar-refractivity contribution in [1.29, 1.82) is 0 Å². The van der Waals surface area contributed by atoms with E-state index in [1.165, 1.54) is 6.20 Å². The minimum Gasteiger partial charge on any atom is -0.437 e. The van der Waals surface area contributed by atoms with Crippen LogP contribution in [0.4, 0.5) is 0 Å². The molecule has 0 radical (unpaired) electrons.